The maximum atomic E-state index is 7.30. The summed E-state index contributed by atoms with van der Waals surface area (Å²) >= 11 is 0. The van der Waals surface area contributed by atoms with Gasteiger partial charge in [0.05, 0.1) is 16.6 Å². The van der Waals surface area contributed by atoms with Crippen LogP contribution in [0, 0.1) is 5.92 Å². The summed E-state index contributed by atoms with van der Waals surface area (Å²) in [5.74, 6) is 2.68. The molecule has 6 aromatic carbocycles. The van der Waals surface area contributed by atoms with E-state index in [4.69, 9.17) is 4.74 Å². The Kier molecular flexibility index (Phi) is 5.44. The van der Waals surface area contributed by atoms with Gasteiger partial charge >= 0.3 is 0 Å². The van der Waals surface area contributed by atoms with Crippen LogP contribution in [0.3, 0.4) is 0 Å². The fraction of sp³-hybridized carbons (Fsp3) is 0.149. The van der Waals surface area contributed by atoms with Gasteiger partial charge in [0.15, 0.2) is 5.75 Å². The molecule has 49 heavy (non-hydrogen) atoms. The minimum absolute atomic E-state index is 0.363. The Balaban J connectivity index is 1.33. The fourth-order valence-corrected chi connectivity index (χ4v) is 10.0. The number of ether oxygens (including phenoxy) is 1. The van der Waals surface area contributed by atoms with E-state index < -0.39 is 5.41 Å². The van der Waals surface area contributed by atoms with E-state index >= 15 is 0 Å². The predicted octanol–water partition coefficient (Wildman–Crippen LogP) is 11.9. The normalized spacial score (nSPS) is 21.2. The van der Waals surface area contributed by atoms with Crippen LogP contribution in [0.15, 0.2) is 145 Å². The molecule has 7 aromatic rings. The van der Waals surface area contributed by atoms with Gasteiger partial charge in [-0.25, -0.2) is 0 Å². The van der Waals surface area contributed by atoms with Gasteiger partial charge in [0.2, 0.25) is 0 Å². The number of rotatable bonds is 1. The van der Waals surface area contributed by atoms with Crippen molar-refractivity contribution >= 4 is 27.2 Å². The van der Waals surface area contributed by atoms with Crippen LogP contribution >= 0.6 is 0 Å². The molecule has 1 aromatic heterocycles. The van der Waals surface area contributed by atoms with Gasteiger partial charge in [-0.3, -0.25) is 0 Å². The highest BCUT2D eigenvalue weighted by molar-refractivity contribution is 6.03. The van der Waals surface area contributed by atoms with Crippen LogP contribution in [0.4, 0.5) is 0 Å². The molecule has 2 heterocycles. The van der Waals surface area contributed by atoms with E-state index in [0.29, 0.717) is 11.8 Å². The number of hydrogen-bond donors (Lipinski definition) is 0. The number of para-hydroxylation sites is 1. The predicted molar refractivity (Wildman–Crippen MR) is 201 cm³/mol. The summed E-state index contributed by atoms with van der Waals surface area (Å²) in [6.45, 7) is 4.81. The molecule has 1 spiro atoms. The molecule has 0 saturated carbocycles. The summed E-state index contributed by atoms with van der Waals surface area (Å²) in [5, 5.41) is 3.77. The average molecular weight is 630 g/mol. The molecule has 234 valence electrons. The first-order valence-electron chi connectivity index (χ1n) is 17.7. The zero-order valence-corrected chi connectivity index (χ0v) is 27.7. The number of fused-ring (bicyclic) bond motifs is 15. The van der Waals surface area contributed by atoms with Crippen molar-refractivity contribution in [3.63, 3.8) is 0 Å². The van der Waals surface area contributed by atoms with Gasteiger partial charge in [-0.2, -0.15) is 0 Å². The Morgan fingerprint density at radius 1 is 0.673 bits per heavy atom. The van der Waals surface area contributed by atoms with Gasteiger partial charge in [0.25, 0.3) is 0 Å². The lowest BCUT2D eigenvalue weighted by molar-refractivity contribution is 0.428. The Hall–Kier alpha value is -5.60. The second-order valence-electron chi connectivity index (χ2n) is 14.5. The standard InChI is InChI=1S/C47H35NO/c1-28-12-11-18-36-35-17-7-8-19-38(35)47(43(28)36)39-20-9-10-21-41(39)49-46-40(47)25-24-37-42-29(2)26-32-15-5-6-16-34(32)44(42)48(45(37)46)33-23-22-30-13-3-4-14-31(30)27-33/h3-11,13-25,27-29H,12,26H2,1-2H3. The number of aromatic nitrogens is 1. The molecule has 0 N–H and O–H groups in total. The lowest BCUT2D eigenvalue weighted by Gasteiger charge is -2.43. The lowest BCUT2D eigenvalue weighted by Crippen LogP contribution is -2.35. The van der Waals surface area contributed by atoms with Gasteiger partial charge in [0, 0.05) is 27.8 Å². The van der Waals surface area contributed by atoms with Crippen molar-refractivity contribution in [2.75, 3.05) is 0 Å². The van der Waals surface area contributed by atoms with Crippen LogP contribution in [-0.2, 0) is 11.8 Å². The maximum absolute atomic E-state index is 7.30. The van der Waals surface area contributed by atoms with Crippen LogP contribution in [0.1, 0.15) is 59.6 Å². The van der Waals surface area contributed by atoms with Crippen molar-refractivity contribution < 1.29 is 4.74 Å². The number of allylic oxidation sites excluding steroid dienone is 4. The van der Waals surface area contributed by atoms with Crippen molar-refractivity contribution in [1.29, 1.82) is 0 Å². The topological polar surface area (TPSA) is 14.2 Å². The molecule has 0 radical (unpaired) electrons. The molecule has 0 fully saturated rings. The summed E-state index contributed by atoms with van der Waals surface area (Å²) < 4.78 is 9.84. The van der Waals surface area contributed by atoms with Crippen LogP contribution in [0.5, 0.6) is 11.5 Å². The Morgan fingerprint density at radius 2 is 1.43 bits per heavy atom. The Morgan fingerprint density at radius 3 is 2.33 bits per heavy atom. The van der Waals surface area contributed by atoms with Crippen molar-refractivity contribution in [3.05, 3.63) is 178 Å². The second-order valence-corrected chi connectivity index (χ2v) is 14.5. The van der Waals surface area contributed by atoms with E-state index in [2.05, 4.69) is 158 Å². The summed E-state index contributed by atoms with van der Waals surface area (Å²) in [5.41, 5.74) is 15.4. The largest absolute Gasteiger partial charge is 0.454 e. The van der Waals surface area contributed by atoms with Gasteiger partial charge in [-0.15, -0.1) is 0 Å². The third-order valence-corrected chi connectivity index (χ3v) is 11.9. The highest BCUT2D eigenvalue weighted by Gasteiger charge is 2.54. The molecule has 2 nitrogen and oxygen atoms in total. The Labute approximate surface area is 286 Å². The van der Waals surface area contributed by atoms with E-state index in [1.165, 1.54) is 83.1 Å². The molecule has 11 rings (SSSR count). The summed E-state index contributed by atoms with van der Waals surface area (Å²) in [4.78, 5) is 0. The van der Waals surface area contributed by atoms with Crippen LogP contribution in [0.25, 0.3) is 44.2 Å². The molecule has 0 amide bonds. The second kappa shape index (κ2) is 9.74. The van der Waals surface area contributed by atoms with E-state index in [1.807, 2.05) is 0 Å². The van der Waals surface area contributed by atoms with Crippen LogP contribution in [0.2, 0.25) is 0 Å². The maximum Gasteiger partial charge on any atom is 0.156 e. The molecule has 0 bridgehead atoms. The highest BCUT2D eigenvalue weighted by atomic mass is 16.5. The molecule has 4 aliphatic rings. The van der Waals surface area contributed by atoms with E-state index in [-0.39, 0.29) is 0 Å². The van der Waals surface area contributed by atoms with Gasteiger partial charge in [-0.1, -0.05) is 135 Å². The third-order valence-electron chi connectivity index (χ3n) is 11.9. The van der Waals surface area contributed by atoms with E-state index in [0.717, 1.165) is 24.3 Å². The van der Waals surface area contributed by atoms with Crippen molar-refractivity contribution in [1.82, 2.24) is 4.57 Å². The average Bonchev–Trinajstić information content (AvgIpc) is 3.65. The summed E-state index contributed by atoms with van der Waals surface area (Å²) in [7, 11) is 0. The summed E-state index contributed by atoms with van der Waals surface area (Å²) in [6, 6.07) is 47.4. The smallest absolute Gasteiger partial charge is 0.156 e. The zero-order valence-electron chi connectivity index (χ0n) is 27.7. The van der Waals surface area contributed by atoms with Gasteiger partial charge in [0.1, 0.15) is 5.75 Å². The number of hydrogen-bond acceptors (Lipinski definition) is 1. The SMILES string of the molecule is CC1CC=CC2=C1C1(c3ccccc3Oc3c1ccc1c4c(n(-c5ccc6ccccc6c5)c31)-c1ccccc1CC4C)c1ccccc12. The monoisotopic (exact) mass is 629 g/mol. The quantitative estimate of drug-likeness (QED) is 0.176. The molecule has 0 saturated heterocycles. The zero-order chi connectivity index (χ0) is 32.4. The van der Waals surface area contributed by atoms with Gasteiger partial charge < -0.3 is 9.30 Å². The van der Waals surface area contributed by atoms with Crippen molar-refractivity contribution in [3.8, 4) is 28.4 Å². The summed E-state index contributed by atoms with van der Waals surface area (Å²) in [6.07, 6.45) is 6.81. The van der Waals surface area contributed by atoms with Crippen LogP contribution in [-0.4, -0.2) is 4.57 Å². The first-order chi connectivity index (χ1) is 24.1. The lowest BCUT2D eigenvalue weighted by atomic mass is 9.62. The Bertz CT molecular complexity index is 2630. The van der Waals surface area contributed by atoms with Crippen molar-refractivity contribution in [2.24, 2.45) is 5.92 Å². The number of benzene rings is 6. The van der Waals surface area contributed by atoms with E-state index in [9.17, 15) is 0 Å². The fourth-order valence-electron chi connectivity index (χ4n) is 10.0. The number of nitrogens with zero attached hydrogens (tertiary/aromatic N) is 1. The molecule has 3 aliphatic carbocycles. The molecule has 3 atom stereocenters. The third kappa shape index (κ3) is 3.41. The molecule has 3 unspecified atom stereocenters. The van der Waals surface area contributed by atoms with Crippen molar-refractivity contribution in [2.45, 2.75) is 38.0 Å². The molecular formula is C47H35NO. The molecule has 2 heteroatoms. The first-order valence-corrected chi connectivity index (χ1v) is 17.7. The molecular weight excluding hydrogens is 595 g/mol. The highest BCUT2D eigenvalue weighted by Crippen LogP contribution is 2.65. The van der Waals surface area contributed by atoms with E-state index in [1.54, 1.807) is 0 Å². The first kappa shape index (κ1) is 27.4. The van der Waals surface area contributed by atoms with Crippen LogP contribution < -0.4 is 4.74 Å². The van der Waals surface area contributed by atoms with Gasteiger partial charge in [-0.05, 0) is 87.0 Å². The minimum Gasteiger partial charge on any atom is -0.454 e. The molecule has 1 aliphatic heterocycles. The minimum atomic E-state index is -0.447.